The number of nitrogens with zero attached hydrogens (tertiary/aromatic N) is 3. The van der Waals surface area contributed by atoms with Crippen LogP contribution in [0.3, 0.4) is 0 Å². The van der Waals surface area contributed by atoms with Crippen molar-refractivity contribution in [3.8, 4) is 89.7 Å². The summed E-state index contributed by atoms with van der Waals surface area (Å²) in [6, 6.07) is 78.7. The number of fused-ring (bicyclic) bond motifs is 1. The SMILES string of the molecule is c1ccc(-c2ccc(-c3ccc4nc(-c5ccc(-c6ccccc6)cc5)cc(-c5cccc(-c6nc(-c7ccccc7)cc(-c7ccccc7)n6)c5)c4c3)cc2)cc1. The van der Waals surface area contributed by atoms with Crippen LogP contribution in [0.2, 0.25) is 0 Å². The summed E-state index contributed by atoms with van der Waals surface area (Å²) < 4.78 is 0. The molecule has 3 heteroatoms. The molecule has 0 saturated carbocycles. The molecule has 2 aromatic heterocycles. The van der Waals surface area contributed by atoms with E-state index in [1.165, 1.54) is 22.3 Å². The number of pyridine rings is 1. The Kier molecular flexibility index (Phi) is 9.23. The molecule has 8 aromatic carbocycles. The first kappa shape index (κ1) is 34.7. The van der Waals surface area contributed by atoms with Gasteiger partial charge in [-0.25, -0.2) is 15.0 Å². The molecule has 0 N–H and O–H groups in total. The van der Waals surface area contributed by atoms with Crippen molar-refractivity contribution in [2.24, 2.45) is 0 Å². The minimum atomic E-state index is 0.677. The topological polar surface area (TPSA) is 38.7 Å². The van der Waals surface area contributed by atoms with E-state index in [0.29, 0.717) is 5.82 Å². The summed E-state index contributed by atoms with van der Waals surface area (Å²) in [7, 11) is 0. The molecule has 58 heavy (non-hydrogen) atoms. The molecule has 0 bridgehead atoms. The molecule has 0 radical (unpaired) electrons. The average molecular weight is 740 g/mol. The molecule has 10 aromatic rings. The number of hydrogen-bond donors (Lipinski definition) is 0. The number of rotatable bonds is 8. The van der Waals surface area contributed by atoms with Crippen LogP contribution >= 0.6 is 0 Å². The van der Waals surface area contributed by atoms with E-state index >= 15 is 0 Å². The quantitative estimate of drug-likeness (QED) is 0.156. The predicted molar refractivity (Wildman–Crippen MR) is 241 cm³/mol. The van der Waals surface area contributed by atoms with Crippen LogP contribution in [0.1, 0.15) is 0 Å². The molecule has 0 unspecified atom stereocenters. The molecule has 2 heterocycles. The van der Waals surface area contributed by atoms with Gasteiger partial charge in [-0.3, -0.25) is 0 Å². The van der Waals surface area contributed by atoms with E-state index in [-0.39, 0.29) is 0 Å². The van der Waals surface area contributed by atoms with Crippen molar-refractivity contribution >= 4 is 10.9 Å². The van der Waals surface area contributed by atoms with Gasteiger partial charge in [-0.15, -0.1) is 0 Å². The molecular weight excluding hydrogens is 703 g/mol. The molecule has 0 aliphatic heterocycles. The first-order valence-corrected chi connectivity index (χ1v) is 19.6. The van der Waals surface area contributed by atoms with Crippen LogP contribution < -0.4 is 0 Å². The van der Waals surface area contributed by atoms with Gasteiger partial charge in [0.15, 0.2) is 5.82 Å². The smallest absolute Gasteiger partial charge is 0.160 e. The van der Waals surface area contributed by atoms with Gasteiger partial charge in [0.2, 0.25) is 0 Å². The number of hydrogen-bond acceptors (Lipinski definition) is 3. The Hall–Kier alpha value is -7.75. The van der Waals surface area contributed by atoms with Crippen molar-refractivity contribution in [3.05, 3.63) is 224 Å². The highest BCUT2D eigenvalue weighted by Crippen LogP contribution is 2.37. The molecule has 0 spiro atoms. The second-order valence-corrected chi connectivity index (χ2v) is 14.4. The van der Waals surface area contributed by atoms with Gasteiger partial charge in [0.1, 0.15) is 0 Å². The van der Waals surface area contributed by atoms with Crippen LogP contribution in [0.4, 0.5) is 0 Å². The zero-order chi connectivity index (χ0) is 38.7. The lowest BCUT2D eigenvalue weighted by Gasteiger charge is -2.14. The van der Waals surface area contributed by atoms with E-state index in [4.69, 9.17) is 15.0 Å². The number of aromatic nitrogens is 3. The molecule has 3 nitrogen and oxygen atoms in total. The normalized spacial score (nSPS) is 11.1. The van der Waals surface area contributed by atoms with Crippen molar-refractivity contribution in [3.63, 3.8) is 0 Å². The van der Waals surface area contributed by atoms with Crippen molar-refractivity contribution in [2.45, 2.75) is 0 Å². The summed E-state index contributed by atoms with van der Waals surface area (Å²) in [5.74, 6) is 0.677. The van der Waals surface area contributed by atoms with Crippen molar-refractivity contribution < 1.29 is 0 Å². The van der Waals surface area contributed by atoms with Gasteiger partial charge in [-0.05, 0) is 74.8 Å². The molecule has 10 rings (SSSR count). The van der Waals surface area contributed by atoms with Gasteiger partial charge in [-0.2, -0.15) is 0 Å². The molecule has 0 aliphatic carbocycles. The van der Waals surface area contributed by atoms with Gasteiger partial charge in [-0.1, -0.05) is 194 Å². The lowest BCUT2D eigenvalue weighted by atomic mass is 9.93. The molecule has 272 valence electrons. The molecule has 0 saturated heterocycles. The third-order valence-electron chi connectivity index (χ3n) is 10.7. The van der Waals surface area contributed by atoms with Gasteiger partial charge in [0.05, 0.1) is 22.6 Å². The van der Waals surface area contributed by atoms with Gasteiger partial charge < -0.3 is 0 Å². The molecule has 0 fully saturated rings. The Morgan fingerprint density at radius 1 is 0.224 bits per heavy atom. The van der Waals surface area contributed by atoms with Crippen molar-refractivity contribution in [2.75, 3.05) is 0 Å². The van der Waals surface area contributed by atoms with Gasteiger partial charge >= 0.3 is 0 Å². The summed E-state index contributed by atoms with van der Waals surface area (Å²) >= 11 is 0. The Labute approximate surface area is 338 Å². The Morgan fingerprint density at radius 3 is 1.14 bits per heavy atom. The third-order valence-corrected chi connectivity index (χ3v) is 10.7. The highest BCUT2D eigenvalue weighted by molar-refractivity contribution is 5.99. The van der Waals surface area contributed by atoms with Crippen molar-refractivity contribution in [1.29, 1.82) is 0 Å². The molecule has 0 aliphatic rings. The maximum Gasteiger partial charge on any atom is 0.160 e. The predicted octanol–water partition coefficient (Wildman–Crippen LogP) is 14.4. The average Bonchev–Trinajstić information content (AvgIpc) is 3.32. The fourth-order valence-electron chi connectivity index (χ4n) is 7.66. The van der Waals surface area contributed by atoms with Gasteiger partial charge in [0.25, 0.3) is 0 Å². The zero-order valence-corrected chi connectivity index (χ0v) is 31.7. The Morgan fingerprint density at radius 2 is 0.603 bits per heavy atom. The fourth-order valence-corrected chi connectivity index (χ4v) is 7.66. The van der Waals surface area contributed by atoms with Crippen LogP contribution in [0.5, 0.6) is 0 Å². The maximum atomic E-state index is 5.27. The first-order valence-electron chi connectivity index (χ1n) is 19.6. The van der Waals surface area contributed by atoms with Crippen LogP contribution in [0.25, 0.3) is 101 Å². The second kappa shape index (κ2) is 15.4. The minimum Gasteiger partial charge on any atom is -0.248 e. The van der Waals surface area contributed by atoms with Crippen LogP contribution in [-0.4, -0.2) is 15.0 Å². The zero-order valence-electron chi connectivity index (χ0n) is 31.7. The van der Waals surface area contributed by atoms with E-state index < -0.39 is 0 Å². The van der Waals surface area contributed by atoms with Crippen molar-refractivity contribution in [1.82, 2.24) is 15.0 Å². The summed E-state index contributed by atoms with van der Waals surface area (Å²) in [6.45, 7) is 0. The van der Waals surface area contributed by atoms with E-state index in [9.17, 15) is 0 Å². The van der Waals surface area contributed by atoms with Gasteiger partial charge in [0, 0.05) is 27.6 Å². The number of benzene rings is 8. The van der Waals surface area contributed by atoms with Crippen LogP contribution in [0, 0.1) is 0 Å². The standard InChI is InChI=1S/C55H37N3/c1-5-14-38(15-6-1)40-24-26-42(27-25-40)46-32-33-51-50(35-46)49(36-52(56-51)45-30-28-41(29-31-45)39-16-7-2-8-17-39)47-22-13-23-48(34-47)55-57-53(43-18-9-3-10-19-43)37-54(58-55)44-20-11-4-12-21-44/h1-37H. The summed E-state index contributed by atoms with van der Waals surface area (Å²) in [5, 5.41) is 1.08. The largest absolute Gasteiger partial charge is 0.248 e. The first-order chi connectivity index (χ1) is 28.7. The summed E-state index contributed by atoms with van der Waals surface area (Å²) in [4.78, 5) is 15.6. The lowest BCUT2D eigenvalue weighted by Crippen LogP contribution is -1.96. The van der Waals surface area contributed by atoms with Crippen LogP contribution in [-0.2, 0) is 0 Å². The Balaban J connectivity index is 1.11. The van der Waals surface area contributed by atoms with Crippen LogP contribution in [0.15, 0.2) is 224 Å². The lowest BCUT2D eigenvalue weighted by molar-refractivity contribution is 1.18. The fraction of sp³-hybridized carbons (Fsp3) is 0. The van der Waals surface area contributed by atoms with E-state index in [2.05, 4.69) is 182 Å². The highest BCUT2D eigenvalue weighted by Gasteiger charge is 2.15. The monoisotopic (exact) mass is 739 g/mol. The maximum absolute atomic E-state index is 5.27. The summed E-state index contributed by atoms with van der Waals surface area (Å²) in [5.41, 5.74) is 16.9. The second-order valence-electron chi connectivity index (χ2n) is 14.4. The summed E-state index contributed by atoms with van der Waals surface area (Å²) in [6.07, 6.45) is 0. The molecular formula is C55H37N3. The van der Waals surface area contributed by atoms with E-state index in [0.717, 1.165) is 72.5 Å². The molecule has 0 amide bonds. The highest BCUT2D eigenvalue weighted by atomic mass is 14.9. The molecule has 0 atom stereocenters. The Bertz CT molecular complexity index is 2940. The van der Waals surface area contributed by atoms with E-state index in [1.54, 1.807) is 0 Å². The van der Waals surface area contributed by atoms with E-state index in [1.807, 2.05) is 42.5 Å². The minimum absolute atomic E-state index is 0.677. The third kappa shape index (κ3) is 7.09.